The number of methoxy groups -OCH3 is 1. The molecule has 2 aromatic rings. The number of hydrogen-bond donors (Lipinski definition) is 0. The molecule has 0 saturated heterocycles. The van der Waals surface area contributed by atoms with Gasteiger partial charge in [-0.1, -0.05) is 28.1 Å². The first-order valence-corrected chi connectivity index (χ1v) is 6.44. The molecule has 0 amide bonds. The molecule has 4 nitrogen and oxygen atoms in total. The fourth-order valence-electron chi connectivity index (χ4n) is 1.58. The molecule has 0 unspecified atom stereocenters. The Morgan fingerprint density at radius 3 is 2.61 bits per heavy atom. The monoisotopic (exact) mass is 310 g/mol. The maximum Gasteiger partial charge on any atom is 0.175 e. The summed E-state index contributed by atoms with van der Waals surface area (Å²) < 4.78 is 7.70. The lowest BCUT2D eigenvalue weighted by atomic mass is 10.2. The predicted octanol–water partition coefficient (Wildman–Crippen LogP) is 2.70. The van der Waals surface area contributed by atoms with Crippen LogP contribution in [0.5, 0.6) is 0 Å². The normalized spacial score (nSPS) is 10.6. The highest BCUT2D eigenvalue weighted by Gasteiger charge is 2.09. The zero-order chi connectivity index (χ0) is 13.0. The van der Waals surface area contributed by atoms with Crippen molar-refractivity contribution in [3.8, 4) is 11.4 Å². The molecule has 1 aromatic heterocycles. The van der Waals surface area contributed by atoms with Gasteiger partial charge in [-0.3, -0.25) is 0 Å². The van der Waals surface area contributed by atoms with Crippen LogP contribution in [0.25, 0.3) is 11.4 Å². The highest BCUT2D eigenvalue weighted by molar-refractivity contribution is 9.10. The van der Waals surface area contributed by atoms with Crippen molar-refractivity contribution < 1.29 is 9.57 Å². The van der Waals surface area contributed by atoms with Gasteiger partial charge in [-0.05, 0) is 19.1 Å². The molecule has 1 heterocycles. The van der Waals surface area contributed by atoms with Crippen LogP contribution in [0.4, 0.5) is 0 Å². The second kappa shape index (κ2) is 6.02. The lowest BCUT2D eigenvalue weighted by molar-refractivity contribution is 0.0597. The summed E-state index contributed by atoms with van der Waals surface area (Å²) in [4.78, 5) is 10.1. The van der Waals surface area contributed by atoms with Crippen LogP contribution in [0.3, 0.4) is 0 Å². The molecule has 0 saturated carbocycles. The Morgan fingerprint density at radius 2 is 1.94 bits per heavy atom. The summed E-state index contributed by atoms with van der Waals surface area (Å²) in [6.45, 7) is 2.99. The number of aryl methyl sites for hydroxylation is 1. The number of halogens is 1. The molecule has 18 heavy (non-hydrogen) atoms. The van der Waals surface area contributed by atoms with Crippen LogP contribution in [-0.4, -0.2) is 30.0 Å². The number of hydrogen-bond acceptors (Lipinski definition) is 3. The van der Waals surface area contributed by atoms with Gasteiger partial charge in [0.2, 0.25) is 0 Å². The number of aromatic nitrogens is 2. The molecule has 5 heteroatoms. The summed E-state index contributed by atoms with van der Waals surface area (Å²) in [6, 6.07) is 7.97. The molecule has 0 bridgehead atoms. The van der Waals surface area contributed by atoms with Gasteiger partial charge < -0.3 is 9.57 Å². The van der Waals surface area contributed by atoms with Crippen LogP contribution < -0.4 is 4.84 Å². The minimum Gasteiger partial charge on any atom is -0.410 e. The van der Waals surface area contributed by atoms with Crippen molar-refractivity contribution in [3.05, 3.63) is 40.6 Å². The molecule has 0 atom stereocenters. The maximum atomic E-state index is 5.60. The van der Waals surface area contributed by atoms with Crippen LogP contribution in [0.15, 0.2) is 34.9 Å². The average molecular weight is 311 g/mol. The van der Waals surface area contributed by atoms with Crippen molar-refractivity contribution in [2.45, 2.75) is 6.92 Å². The van der Waals surface area contributed by atoms with E-state index < -0.39 is 0 Å². The maximum absolute atomic E-state index is 5.60. The Morgan fingerprint density at radius 1 is 1.22 bits per heavy atom. The van der Waals surface area contributed by atoms with Gasteiger partial charge in [0.25, 0.3) is 0 Å². The lowest BCUT2D eigenvalue weighted by Crippen LogP contribution is -2.16. The summed E-state index contributed by atoms with van der Waals surface area (Å²) in [7, 11) is 1.65. The molecule has 0 radical (unpaired) electrons. The van der Waals surface area contributed by atoms with E-state index in [0.29, 0.717) is 13.2 Å². The molecule has 0 fully saturated rings. The molecule has 0 aliphatic heterocycles. The molecule has 1 aromatic carbocycles. The molecule has 0 N–H and O–H groups in total. The Hall–Kier alpha value is -1.33. The van der Waals surface area contributed by atoms with E-state index >= 15 is 0 Å². The first-order valence-electron chi connectivity index (χ1n) is 5.65. The summed E-state index contributed by atoms with van der Waals surface area (Å²) in [5.41, 5.74) is 1.94. The van der Waals surface area contributed by atoms with Crippen LogP contribution in [0.1, 0.15) is 5.69 Å². The highest BCUT2D eigenvalue weighted by atomic mass is 79.9. The standard InChI is InChI=1S/C13H15BrN2O2/c1-10-9-16(18-8-7-17-2)13(15-10)11-3-5-12(14)6-4-11/h3-6,9H,7-8H2,1-2H3. The average Bonchev–Trinajstić information content (AvgIpc) is 2.72. The number of rotatable bonds is 5. The van der Waals surface area contributed by atoms with Crippen LogP contribution in [-0.2, 0) is 4.74 Å². The number of imidazole rings is 1. The molecule has 2 rings (SSSR count). The third-order valence-corrected chi connectivity index (χ3v) is 2.94. The van der Waals surface area contributed by atoms with Crippen molar-refractivity contribution in [1.29, 1.82) is 0 Å². The van der Waals surface area contributed by atoms with E-state index in [-0.39, 0.29) is 0 Å². The molecule has 96 valence electrons. The van der Waals surface area contributed by atoms with Gasteiger partial charge in [0.1, 0.15) is 6.61 Å². The minimum atomic E-state index is 0.496. The topological polar surface area (TPSA) is 36.3 Å². The zero-order valence-corrected chi connectivity index (χ0v) is 12.0. The van der Waals surface area contributed by atoms with Crippen LogP contribution >= 0.6 is 15.9 Å². The highest BCUT2D eigenvalue weighted by Crippen LogP contribution is 2.20. The smallest absolute Gasteiger partial charge is 0.175 e. The van der Waals surface area contributed by atoms with E-state index in [1.165, 1.54) is 0 Å². The Labute approximate surface area is 115 Å². The second-order valence-corrected chi connectivity index (χ2v) is 4.78. The van der Waals surface area contributed by atoms with Crippen molar-refractivity contribution in [1.82, 2.24) is 9.71 Å². The van der Waals surface area contributed by atoms with Gasteiger partial charge in [-0.15, -0.1) is 0 Å². The Bertz CT molecular complexity index is 508. The van der Waals surface area contributed by atoms with E-state index in [2.05, 4.69) is 20.9 Å². The number of benzene rings is 1. The molecular weight excluding hydrogens is 296 g/mol. The number of nitrogens with zero attached hydrogens (tertiary/aromatic N) is 2. The first kappa shape index (κ1) is 13.1. The third kappa shape index (κ3) is 3.11. The molecule has 0 aliphatic rings. The van der Waals surface area contributed by atoms with Crippen molar-refractivity contribution in [3.63, 3.8) is 0 Å². The Balaban J connectivity index is 2.23. The first-order chi connectivity index (χ1) is 8.70. The fourth-order valence-corrected chi connectivity index (χ4v) is 1.85. The number of ether oxygens (including phenoxy) is 1. The van der Waals surface area contributed by atoms with Crippen molar-refractivity contribution >= 4 is 15.9 Å². The van der Waals surface area contributed by atoms with Crippen molar-refractivity contribution in [2.75, 3.05) is 20.3 Å². The van der Waals surface area contributed by atoms with E-state index in [9.17, 15) is 0 Å². The van der Waals surface area contributed by atoms with Crippen molar-refractivity contribution in [2.24, 2.45) is 0 Å². The van der Waals surface area contributed by atoms with Gasteiger partial charge in [0, 0.05) is 17.1 Å². The van der Waals surface area contributed by atoms with E-state index in [4.69, 9.17) is 9.57 Å². The summed E-state index contributed by atoms with van der Waals surface area (Å²) in [5, 5.41) is 0. The van der Waals surface area contributed by atoms with E-state index in [1.54, 1.807) is 11.8 Å². The SMILES string of the molecule is COCCOn1cc(C)nc1-c1ccc(Br)cc1. The lowest BCUT2D eigenvalue weighted by Gasteiger charge is -2.09. The molecular formula is C13H15BrN2O2. The van der Waals surface area contributed by atoms with Gasteiger partial charge in [-0.2, -0.15) is 4.73 Å². The quantitative estimate of drug-likeness (QED) is 0.797. The molecule has 0 aliphatic carbocycles. The van der Waals surface area contributed by atoms with E-state index in [0.717, 1.165) is 21.6 Å². The van der Waals surface area contributed by atoms with E-state index in [1.807, 2.05) is 37.4 Å². The second-order valence-electron chi connectivity index (χ2n) is 3.86. The summed E-state index contributed by atoms with van der Waals surface area (Å²) >= 11 is 3.42. The Kier molecular flexibility index (Phi) is 4.38. The van der Waals surface area contributed by atoms with Crippen LogP contribution in [0.2, 0.25) is 0 Å². The fraction of sp³-hybridized carbons (Fsp3) is 0.308. The van der Waals surface area contributed by atoms with Gasteiger partial charge >= 0.3 is 0 Å². The van der Waals surface area contributed by atoms with Gasteiger partial charge in [-0.25, -0.2) is 4.98 Å². The third-order valence-electron chi connectivity index (χ3n) is 2.42. The zero-order valence-electron chi connectivity index (χ0n) is 10.4. The predicted molar refractivity (Wildman–Crippen MR) is 73.4 cm³/mol. The summed E-state index contributed by atoms with van der Waals surface area (Å²) in [6.07, 6.45) is 1.87. The summed E-state index contributed by atoms with van der Waals surface area (Å²) in [5.74, 6) is 0.802. The van der Waals surface area contributed by atoms with Gasteiger partial charge in [0.05, 0.1) is 18.5 Å². The molecule has 0 spiro atoms. The van der Waals surface area contributed by atoms with Crippen LogP contribution in [0, 0.1) is 6.92 Å². The van der Waals surface area contributed by atoms with Gasteiger partial charge in [0.15, 0.2) is 5.82 Å². The minimum absolute atomic E-state index is 0.496. The largest absolute Gasteiger partial charge is 0.410 e.